The molecule has 1 aromatic rings. The van der Waals surface area contributed by atoms with Crippen LogP contribution in [0.15, 0.2) is 10.3 Å². The van der Waals surface area contributed by atoms with Gasteiger partial charge in [-0.25, -0.2) is 0 Å². The molecule has 14 heavy (non-hydrogen) atoms. The van der Waals surface area contributed by atoms with Gasteiger partial charge in [-0.1, -0.05) is 0 Å². The molecule has 2 atom stereocenters. The van der Waals surface area contributed by atoms with Crippen LogP contribution >= 0.6 is 23.1 Å². The van der Waals surface area contributed by atoms with E-state index < -0.39 is 0 Å². The van der Waals surface area contributed by atoms with E-state index in [1.165, 1.54) is 41.2 Å². The molecule has 1 saturated carbocycles. The number of thioether (sulfide) groups is 1. The lowest BCUT2D eigenvalue weighted by atomic mass is 10.0. The maximum Gasteiger partial charge on any atom is 0.0596 e. The highest BCUT2D eigenvalue weighted by molar-refractivity contribution is 7.99. The van der Waals surface area contributed by atoms with Gasteiger partial charge in [0, 0.05) is 15.2 Å². The van der Waals surface area contributed by atoms with Crippen molar-refractivity contribution in [1.29, 1.82) is 0 Å². The Morgan fingerprint density at radius 1 is 1.29 bits per heavy atom. The van der Waals surface area contributed by atoms with Crippen molar-refractivity contribution in [2.45, 2.75) is 36.5 Å². The van der Waals surface area contributed by atoms with Gasteiger partial charge in [0.2, 0.25) is 0 Å². The summed E-state index contributed by atoms with van der Waals surface area (Å²) in [5.74, 6) is 3.03. The number of fused-ring (bicyclic) bond motifs is 5. The zero-order valence-electron chi connectivity index (χ0n) is 8.16. The van der Waals surface area contributed by atoms with Crippen LogP contribution in [0.5, 0.6) is 0 Å². The third-order valence-corrected chi connectivity index (χ3v) is 5.92. The molecule has 1 nitrogen and oxygen atoms in total. The van der Waals surface area contributed by atoms with E-state index >= 15 is 0 Å². The standard InChI is InChI=1S/C11H15NS2/c12-10-9-6-14-11(10)8-2-1-7(5-8)3-4-13-9/h6-8H,1-5,12H2. The molecule has 1 aliphatic carbocycles. The highest BCUT2D eigenvalue weighted by Gasteiger charge is 2.30. The van der Waals surface area contributed by atoms with E-state index in [9.17, 15) is 0 Å². The average molecular weight is 225 g/mol. The first-order chi connectivity index (χ1) is 6.84. The summed E-state index contributed by atoms with van der Waals surface area (Å²) in [6.45, 7) is 0. The monoisotopic (exact) mass is 225 g/mol. The molecule has 1 aliphatic heterocycles. The van der Waals surface area contributed by atoms with Gasteiger partial charge in [0.15, 0.2) is 0 Å². The van der Waals surface area contributed by atoms with Crippen LogP contribution in [-0.2, 0) is 0 Å². The van der Waals surface area contributed by atoms with Gasteiger partial charge in [-0.3, -0.25) is 0 Å². The molecular formula is C11H15NS2. The molecule has 4 bridgehead atoms. The second-order valence-electron chi connectivity index (χ2n) is 4.39. The first-order valence-electron chi connectivity index (χ1n) is 5.34. The Morgan fingerprint density at radius 2 is 2.21 bits per heavy atom. The van der Waals surface area contributed by atoms with Crippen molar-refractivity contribution < 1.29 is 0 Å². The van der Waals surface area contributed by atoms with E-state index in [0.717, 1.165) is 17.5 Å². The Morgan fingerprint density at radius 3 is 3.14 bits per heavy atom. The van der Waals surface area contributed by atoms with E-state index in [1.54, 1.807) is 0 Å². The van der Waals surface area contributed by atoms with Crippen LogP contribution in [0.1, 0.15) is 36.5 Å². The van der Waals surface area contributed by atoms with Crippen molar-refractivity contribution in [3.05, 3.63) is 10.3 Å². The summed E-state index contributed by atoms with van der Waals surface area (Å²) in [6.07, 6.45) is 5.59. The predicted octanol–water partition coefficient (Wildman–Crippen LogP) is 3.71. The lowest BCUT2D eigenvalue weighted by Crippen LogP contribution is -1.96. The quantitative estimate of drug-likeness (QED) is 0.728. The molecule has 2 aliphatic rings. The van der Waals surface area contributed by atoms with Gasteiger partial charge in [0.1, 0.15) is 0 Å². The summed E-state index contributed by atoms with van der Waals surface area (Å²) in [6, 6.07) is 0. The Kier molecular flexibility index (Phi) is 2.25. The third kappa shape index (κ3) is 1.38. The Bertz CT molecular complexity index is 345. The summed E-state index contributed by atoms with van der Waals surface area (Å²) in [5, 5.41) is 2.26. The zero-order chi connectivity index (χ0) is 9.54. The third-order valence-electron chi connectivity index (χ3n) is 3.52. The van der Waals surface area contributed by atoms with Crippen molar-refractivity contribution in [2.75, 3.05) is 11.5 Å². The van der Waals surface area contributed by atoms with Crippen LogP contribution < -0.4 is 5.73 Å². The molecule has 0 radical (unpaired) electrons. The van der Waals surface area contributed by atoms with Gasteiger partial charge in [-0.05, 0) is 43.3 Å². The summed E-state index contributed by atoms with van der Waals surface area (Å²) < 4.78 is 0. The van der Waals surface area contributed by atoms with Gasteiger partial charge < -0.3 is 5.73 Å². The van der Waals surface area contributed by atoms with Crippen LogP contribution in [0.3, 0.4) is 0 Å². The van der Waals surface area contributed by atoms with Crippen LogP contribution in [-0.4, -0.2) is 5.75 Å². The highest BCUT2D eigenvalue weighted by atomic mass is 32.2. The molecule has 1 aromatic heterocycles. The minimum absolute atomic E-state index is 0.789. The number of anilines is 1. The summed E-state index contributed by atoms with van der Waals surface area (Å²) in [7, 11) is 0. The van der Waals surface area contributed by atoms with E-state index in [1.807, 2.05) is 23.1 Å². The maximum atomic E-state index is 6.18. The van der Waals surface area contributed by atoms with Crippen molar-refractivity contribution in [3.63, 3.8) is 0 Å². The van der Waals surface area contributed by atoms with Crippen LogP contribution in [0.25, 0.3) is 0 Å². The molecule has 3 rings (SSSR count). The number of hydrogen-bond acceptors (Lipinski definition) is 3. The van der Waals surface area contributed by atoms with Crippen molar-refractivity contribution in [2.24, 2.45) is 5.92 Å². The SMILES string of the molecule is Nc1c2csc1C1CCC(CCS2)C1. The highest BCUT2D eigenvalue weighted by Crippen LogP contribution is 2.48. The topological polar surface area (TPSA) is 26.0 Å². The van der Waals surface area contributed by atoms with E-state index in [2.05, 4.69) is 5.38 Å². The largest absolute Gasteiger partial charge is 0.397 e. The lowest BCUT2D eigenvalue weighted by molar-refractivity contribution is 0.527. The minimum atomic E-state index is 0.789. The van der Waals surface area contributed by atoms with Crippen LogP contribution in [0, 0.1) is 5.92 Å². The molecule has 0 spiro atoms. The number of nitrogen functional groups attached to an aromatic ring is 1. The zero-order valence-corrected chi connectivity index (χ0v) is 9.79. The predicted molar refractivity (Wildman–Crippen MR) is 64.2 cm³/mol. The molecule has 0 amide bonds. The second kappa shape index (κ2) is 3.46. The molecule has 2 heterocycles. The van der Waals surface area contributed by atoms with Gasteiger partial charge in [0.25, 0.3) is 0 Å². The normalized spacial score (nSPS) is 30.9. The Labute approximate surface area is 93.1 Å². The fourth-order valence-electron chi connectivity index (χ4n) is 2.70. The summed E-state index contributed by atoms with van der Waals surface area (Å²) >= 11 is 3.85. The molecule has 0 saturated heterocycles. The average Bonchev–Trinajstić information content (AvgIpc) is 2.76. The first-order valence-corrected chi connectivity index (χ1v) is 7.21. The molecule has 2 unspecified atom stereocenters. The number of hydrogen-bond donors (Lipinski definition) is 1. The molecule has 3 heteroatoms. The van der Waals surface area contributed by atoms with Gasteiger partial charge >= 0.3 is 0 Å². The number of nitrogens with two attached hydrogens (primary N) is 1. The number of thiophene rings is 1. The van der Waals surface area contributed by atoms with E-state index in [4.69, 9.17) is 5.73 Å². The molecular weight excluding hydrogens is 210 g/mol. The minimum Gasteiger partial charge on any atom is -0.397 e. The summed E-state index contributed by atoms with van der Waals surface area (Å²) in [4.78, 5) is 2.83. The van der Waals surface area contributed by atoms with Crippen LogP contribution in [0.2, 0.25) is 0 Å². The molecule has 0 aromatic carbocycles. The van der Waals surface area contributed by atoms with Crippen molar-refractivity contribution >= 4 is 28.8 Å². The number of rotatable bonds is 0. The van der Waals surface area contributed by atoms with Crippen LogP contribution in [0.4, 0.5) is 5.69 Å². The van der Waals surface area contributed by atoms with Gasteiger partial charge in [-0.2, -0.15) is 0 Å². The fourth-order valence-corrected chi connectivity index (χ4v) is 5.13. The lowest BCUT2D eigenvalue weighted by Gasteiger charge is -2.08. The molecule has 1 fully saturated rings. The van der Waals surface area contributed by atoms with Gasteiger partial charge in [-0.15, -0.1) is 23.1 Å². The second-order valence-corrected chi connectivity index (χ2v) is 6.44. The smallest absolute Gasteiger partial charge is 0.0596 e. The van der Waals surface area contributed by atoms with E-state index in [-0.39, 0.29) is 0 Å². The summed E-state index contributed by atoms with van der Waals surface area (Å²) in [5.41, 5.74) is 7.28. The molecule has 2 N–H and O–H groups in total. The first kappa shape index (κ1) is 9.10. The van der Waals surface area contributed by atoms with Crippen molar-refractivity contribution in [1.82, 2.24) is 0 Å². The maximum absolute atomic E-state index is 6.18. The van der Waals surface area contributed by atoms with E-state index in [0.29, 0.717) is 0 Å². The van der Waals surface area contributed by atoms with Crippen molar-refractivity contribution in [3.8, 4) is 0 Å². The fraction of sp³-hybridized carbons (Fsp3) is 0.636. The Balaban J connectivity index is 2.02. The Hall–Kier alpha value is -0.150. The molecule has 76 valence electrons. The van der Waals surface area contributed by atoms with Gasteiger partial charge in [0.05, 0.1) is 5.69 Å².